The van der Waals surface area contributed by atoms with E-state index in [1.54, 1.807) is 0 Å². The van der Waals surface area contributed by atoms with Crippen molar-refractivity contribution in [2.75, 3.05) is 7.05 Å². The predicted octanol–water partition coefficient (Wildman–Crippen LogP) is 3.04. The van der Waals surface area contributed by atoms with Crippen LogP contribution >= 0.6 is 0 Å². The molecule has 16 heavy (non-hydrogen) atoms. The first kappa shape index (κ1) is 13.2. The molecule has 1 unspecified atom stereocenters. The number of nitrogens with zero attached hydrogens (tertiary/aromatic N) is 2. The van der Waals surface area contributed by atoms with Gasteiger partial charge in [-0.05, 0) is 40.7 Å². The van der Waals surface area contributed by atoms with Gasteiger partial charge in [0.25, 0.3) is 0 Å². The highest BCUT2D eigenvalue weighted by Gasteiger charge is 2.24. The van der Waals surface area contributed by atoms with Gasteiger partial charge in [-0.3, -0.25) is 4.68 Å². The molecule has 1 aromatic rings. The van der Waals surface area contributed by atoms with Crippen LogP contribution in [0.2, 0.25) is 0 Å². The minimum atomic E-state index is 0.0469. The molecule has 0 saturated heterocycles. The molecule has 1 N–H and O–H groups in total. The maximum absolute atomic E-state index is 4.55. The lowest BCUT2D eigenvalue weighted by molar-refractivity contribution is 0.337. The van der Waals surface area contributed by atoms with Crippen LogP contribution in [0.1, 0.15) is 64.8 Å². The molecule has 0 saturated carbocycles. The quantitative estimate of drug-likeness (QED) is 0.853. The minimum Gasteiger partial charge on any atom is -0.313 e. The Kier molecular flexibility index (Phi) is 3.79. The zero-order valence-corrected chi connectivity index (χ0v) is 11.6. The Morgan fingerprint density at radius 3 is 2.19 bits per heavy atom. The maximum Gasteiger partial charge on any atom is 0.0546 e. The molecule has 0 aliphatic heterocycles. The summed E-state index contributed by atoms with van der Waals surface area (Å²) in [4.78, 5) is 0. The fourth-order valence-corrected chi connectivity index (χ4v) is 1.97. The summed E-state index contributed by atoms with van der Waals surface area (Å²) in [5.41, 5.74) is 2.70. The number of rotatable bonds is 3. The van der Waals surface area contributed by atoms with Crippen LogP contribution in [-0.4, -0.2) is 16.8 Å². The summed E-state index contributed by atoms with van der Waals surface area (Å²) >= 11 is 0. The van der Waals surface area contributed by atoms with Gasteiger partial charge in [0.2, 0.25) is 0 Å². The van der Waals surface area contributed by atoms with Gasteiger partial charge >= 0.3 is 0 Å². The third-order valence-corrected chi connectivity index (χ3v) is 2.92. The van der Waals surface area contributed by atoms with Crippen LogP contribution in [-0.2, 0) is 5.54 Å². The number of nitrogens with one attached hydrogen (secondary N) is 1. The van der Waals surface area contributed by atoms with E-state index in [9.17, 15) is 0 Å². The highest BCUT2D eigenvalue weighted by atomic mass is 15.3. The molecule has 3 nitrogen and oxygen atoms in total. The van der Waals surface area contributed by atoms with Crippen LogP contribution in [0.25, 0.3) is 0 Å². The number of hydrogen-bond acceptors (Lipinski definition) is 2. The summed E-state index contributed by atoms with van der Waals surface area (Å²) in [7, 11) is 1.99. The topological polar surface area (TPSA) is 29.9 Å². The molecule has 3 heteroatoms. The summed E-state index contributed by atoms with van der Waals surface area (Å²) in [5.74, 6) is 0.493. The predicted molar refractivity (Wildman–Crippen MR) is 68.8 cm³/mol. The average Bonchev–Trinajstić information content (AvgIpc) is 2.59. The number of hydrogen-bond donors (Lipinski definition) is 1. The van der Waals surface area contributed by atoms with E-state index in [0.717, 1.165) is 0 Å². The molecule has 0 radical (unpaired) electrons. The summed E-state index contributed by atoms with van der Waals surface area (Å²) in [6, 6.07) is 0.355. The SMILES string of the molecule is CNC(C)c1cnn(C(C)(C)C)c1C(C)C. The van der Waals surface area contributed by atoms with Crippen LogP contribution in [0, 0.1) is 0 Å². The summed E-state index contributed by atoms with van der Waals surface area (Å²) in [6.45, 7) is 13.2. The molecular weight excluding hydrogens is 198 g/mol. The van der Waals surface area contributed by atoms with Crippen LogP contribution in [0.3, 0.4) is 0 Å². The molecule has 1 rings (SSSR count). The van der Waals surface area contributed by atoms with Crippen molar-refractivity contribution in [1.29, 1.82) is 0 Å². The van der Waals surface area contributed by atoms with E-state index < -0.39 is 0 Å². The van der Waals surface area contributed by atoms with Crippen LogP contribution in [0.5, 0.6) is 0 Å². The van der Waals surface area contributed by atoms with Gasteiger partial charge in [0.05, 0.1) is 11.7 Å². The Hall–Kier alpha value is -0.830. The normalized spacial score (nSPS) is 14.5. The molecule has 92 valence electrons. The van der Waals surface area contributed by atoms with Gasteiger partial charge in [0.15, 0.2) is 0 Å². The van der Waals surface area contributed by atoms with Crippen molar-refractivity contribution >= 4 is 0 Å². The first-order chi connectivity index (χ1) is 7.29. The van der Waals surface area contributed by atoms with Crippen molar-refractivity contribution in [1.82, 2.24) is 15.1 Å². The monoisotopic (exact) mass is 223 g/mol. The summed E-state index contributed by atoms with van der Waals surface area (Å²) in [5, 5.41) is 7.84. The van der Waals surface area contributed by atoms with E-state index in [1.165, 1.54) is 11.3 Å². The minimum absolute atomic E-state index is 0.0469. The largest absolute Gasteiger partial charge is 0.313 e. The van der Waals surface area contributed by atoms with Crippen LogP contribution in [0.4, 0.5) is 0 Å². The molecule has 0 spiro atoms. The molecule has 0 fully saturated rings. The second-order valence-corrected chi connectivity index (χ2v) is 5.73. The molecule has 0 aliphatic carbocycles. The Morgan fingerprint density at radius 2 is 1.81 bits per heavy atom. The van der Waals surface area contributed by atoms with Crippen molar-refractivity contribution in [2.45, 2.75) is 59.0 Å². The lowest BCUT2D eigenvalue weighted by Gasteiger charge is -2.25. The second kappa shape index (κ2) is 4.58. The standard InChI is InChI=1S/C13H25N3/c1-9(2)12-11(10(3)14-7)8-15-16(12)13(4,5)6/h8-10,14H,1-7H3. The zero-order valence-electron chi connectivity index (χ0n) is 11.6. The zero-order chi connectivity index (χ0) is 12.5. The highest BCUT2D eigenvalue weighted by molar-refractivity contribution is 5.25. The van der Waals surface area contributed by atoms with Gasteiger partial charge in [-0.25, -0.2) is 0 Å². The second-order valence-electron chi connectivity index (χ2n) is 5.73. The van der Waals surface area contributed by atoms with Gasteiger partial charge in [-0.1, -0.05) is 13.8 Å². The molecular formula is C13H25N3. The van der Waals surface area contributed by atoms with E-state index >= 15 is 0 Å². The van der Waals surface area contributed by atoms with Crippen molar-refractivity contribution in [3.8, 4) is 0 Å². The van der Waals surface area contributed by atoms with Gasteiger partial charge in [-0.15, -0.1) is 0 Å². The van der Waals surface area contributed by atoms with Crippen molar-refractivity contribution in [3.05, 3.63) is 17.5 Å². The summed E-state index contributed by atoms with van der Waals surface area (Å²) < 4.78 is 2.15. The summed E-state index contributed by atoms with van der Waals surface area (Å²) in [6.07, 6.45) is 2.00. The first-order valence-corrected chi connectivity index (χ1v) is 6.04. The maximum atomic E-state index is 4.55. The Bertz CT molecular complexity index is 345. The lowest BCUT2D eigenvalue weighted by Crippen LogP contribution is -2.26. The van der Waals surface area contributed by atoms with E-state index in [0.29, 0.717) is 12.0 Å². The Labute approximate surface area is 99.2 Å². The van der Waals surface area contributed by atoms with E-state index in [2.05, 4.69) is 56.6 Å². The molecule has 0 amide bonds. The third kappa shape index (κ3) is 2.46. The highest BCUT2D eigenvalue weighted by Crippen LogP contribution is 2.28. The fourth-order valence-electron chi connectivity index (χ4n) is 1.97. The van der Waals surface area contributed by atoms with Crippen LogP contribution < -0.4 is 5.32 Å². The molecule has 0 aliphatic rings. The number of aromatic nitrogens is 2. The molecule has 1 heterocycles. The Morgan fingerprint density at radius 1 is 1.25 bits per heavy atom. The van der Waals surface area contributed by atoms with Crippen LogP contribution in [0.15, 0.2) is 6.20 Å². The van der Waals surface area contributed by atoms with E-state index in [1.807, 2.05) is 13.2 Å². The molecule has 0 bridgehead atoms. The lowest BCUT2D eigenvalue weighted by atomic mass is 9.99. The smallest absolute Gasteiger partial charge is 0.0546 e. The van der Waals surface area contributed by atoms with E-state index in [4.69, 9.17) is 0 Å². The first-order valence-electron chi connectivity index (χ1n) is 6.04. The van der Waals surface area contributed by atoms with Gasteiger partial charge in [-0.2, -0.15) is 5.10 Å². The van der Waals surface area contributed by atoms with Crippen molar-refractivity contribution in [2.24, 2.45) is 0 Å². The molecule has 1 aromatic heterocycles. The van der Waals surface area contributed by atoms with Gasteiger partial charge < -0.3 is 5.32 Å². The van der Waals surface area contributed by atoms with Crippen molar-refractivity contribution in [3.63, 3.8) is 0 Å². The Balaban J connectivity index is 3.28. The van der Waals surface area contributed by atoms with Gasteiger partial charge in [0.1, 0.15) is 0 Å². The fraction of sp³-hybridized carbons (Fsp3) is 0.769. The average molecular weight is 223 g/mol. The van der Waals surface area contributed by atoms with E-state index in [-0.39, 0.29) is 5.54 Å². The third-order valence-electron chi connectivity index (χ3n) is 2.92. The molecule has 1 atom stereocenters. The molecule has 0 aromatic carbocycles. The van der Waals surface area contributed by atoms with Crippen molar-refractivity contribution < 1.29 is 0 Å². The van der Waals surface area contributed by atoms with Gasteiger partial charge in [0, 0.05) is 17.3 Å².